The van der Waals surface area contributed by atoms with Gasteiger partial charge in [0.05, 0.1) is 6.04 Å². The molecule has 5 heteroatoms. The van der Waals surface area contributed by atoms with Crippen molar-refractivity contribution >= 4 is 22.8 Å². The summed E-state index contributed by atoms with van der Waals surface area (Å²) in [5.41, 5.74) is 2.82. The van der Waals surface area contributed by atoms with Crippen LogP contribution in [0.15, 0.2) is 60.7 Å². The van der Waals surface area contributed by atoms with Gasteiger partial charge in [-0.25, -0.2) is 4.79 Å². The van der Waals surface area contributed by atoms with Crippen molar-refractivity contribution in [1.82, 2.24) is 10.6 Å². The van der Waals surface area contributed by atoms with Crippen LogP contribution in [-0.4, -0.2) is 17.6 Å². The maximum Gasteiger partial charge on any atom is 0.407 e. The molecule has 0 radical (unpaired) electrons. The third kappa shape index (κ3) is 5.85. The van der Waals surface area contributed by atoms with E-state index >= 15 is 0 Å². The van der Waals surface area contributed by atoms with Crippen molar-refractivity contribution in [1.29, 1.82) is 0 Å². The lowest BCUT2D eigenvalue weighted by molar-refractivity contribution is 0.0523. The van der Waals surface area contributed by atoms with Gasteiger partial charge in [0.25, 0.3) is 5.91 Å². The molecule has 3 aromatic carbocycles. The number of aryl methyl sites for hydroxylation is 1. The highest BCUT2D eigenvalue weighted by Gasteiger charge is 2.17. The first-order chi connectivity index (χ1) is 14.6. The molecule has 5 nitrogen and oxygen atoms in total. The van der Waals surface area contributed by atoms with E-state index in [4.69, 9.17) is 4.74 Å². The summed E-state index contributed by atoms with van der Waals surface area (Å²) >= 11 is 0. The van der Waals surface area contributed by atoms with Crippen molar-refractivity contribution in [3.05, 3.63) is 82.9 Å². The van der Waals surface area contributed by atoms with Crippen LogP contribution < -0.4 is 10.6 Å². The number of carbonyl (C=O) groups is 2. The first-order valence-electron chi connectivity index (χ1n) is 10.5. The molecule has 2 amide bonds. The Labute approximate surface area is 183 Å². The number of hydrogen-bond acceptors (Lipinski definition) is 3. The molecular formula is C26H30N2O3. The smallest absolute Gasteiger partial charge is 0.407 e. The maximum atomic E-state index is 13.0. The van der Waals surface area contributed by atoms with Gasteiger partial charge in [0.1, 0.15) is 5.60 Å². The zero-order valence-electron chi connectivity index (χ0n) is 18.8. The van der Waals surface area contributed by atoms with E-state index < -0.39 is 11.7 Å². The van der Waals surface area contributed by atoms with Crippen LogP contribution in [0.4, 0.5) is 4.79 Å². The Balaban J connectivity index is 1.72. The summed E-state index contributed by atoms with van der Waals surface area (Å²) in [6.07, 6.45) is -0.483. The number of rotatable bonds is 5. The Morgan fingerprint density at radius 1 is 1.00 bits per heavy atom. The molecule has 0 aliphatic carbocycles. The van der Waals surface area contributed by atoms with Crippen LogP contribution in [0.5, 0.6) is 0 Å². The zero-order valence-corrected chi connectivity index (χ0v) is 18.8. The van der Waals surface area contributed by atoms with Gasteiger partial charge in [-0.3, -0.25) is 4.79 Å². The number of ether oxygens (including phenoxy) is 1. The van der Waals surface area contributed by atoms with Crippen LogP contribution in [0.1, 0.15) is 60.8 Å². The molecule has 0 aliphatic rings. The number of carbonyl (C=O) groups excluding carboxylic acids is 2. The van der Waals surface area contributed by atoms with Crippen molar-refractivity contribution < 1.29 is 14.3 Å². The standard InChI is InChI=1S/C26H30N2O3/c1-17-13-14-19(16-27-25(30)31-26(3,4)5)15-23(17)24(29)28-18(2)21-12-8-10-20-9-6-7-11-22(20)21/h6-15,18H,16H2,1-5H3,(H,27,30)(H,28,29)/t18-/m1/s1. The predicted molar refractivity (Wildman–Crippen MR) is 124 cm³/mol. The molecule has 0 aliphatic heterocycles. The van der Waals surface area contributed by atoms with Gasteiger partial charge < -0.3 is 15.4 Å². The summed E-state index contributed by atoms with van der Waals surface area (Å²) in [4.78, 5) is 25.0. The minimum absolute atomic E-state index is 0.142. The first kappa shape index (κ1) is 22.3. The summed E-state index contributed by atoms with van der Waals surface area (Å²) in [5, 5.41) is 8.13. The lowest BCUT2D eigenvalue weighted by atomic mass is 9.98. The van der Waals surface area contributed by atoms with Gasteiger partial charge >= 0.3 is 6.09 Å². The van der Waals surface area contributed by atoms with E-state index in [9.17, 15) is 9.59 Å². The average molecular weight is 419 g/mol. The minimum atomic E-state index is -0.555. The molecule has 0 saturated carbocycles. The maximum absolute atomic E-state index is 13.0. The van der Waals surface area contributed by atoms with Crippen molar-refractivity contribution in [2.75, 3.05) is 0 Å². The van der Waals surface area contributed by atoms with Gasteiger partial charge in [-0.05, 0) is 68.1 Å². The molecule has 0 spiro atoms. The van der Waals surface area contributed by atoms with Crippen LogP contribution in [0.2, 0.25) is 0 Å². The van der Waals surface area contributed by atoms with E-state index in [1.54, 1.807) is 0 Å². The largest absolute Gasteiger partial charge is 0.444 e. The highest BCUT2D eigenvalue weighted by Crippen LogP contribution is 2.24. The lowest BCUT2D eigenvalue weighted by Gasteiger charge is -2.20. The highest BCUT2D eigenvalue weighted by atomic mass is 16.6. The van der Waals surface area contributed by atoms with E-state index in [1.807, 2.05) is 77.1 Å². The second-order valence-corrected chi connectivity index (χ2v) is 8.77. The molecule has 0 aromatic heterocycles. The molecular weight excluding hydrogens is 388 g/mol. The molecule has 2 N–H and O–H groups in total. The molecule has 31 heavy (non-hydrogen) atoms. The van der Waals surface area contributed by atoms with Gasteiger partial charge in [-0.1, -0.05) is 54.6 Å². The topological polar surface area (TPSA) is 67.4 Å². The monoisotopic (exact) mass is 418 g/mol. The van der Waals surface area contributed by atoms with Crippen molar-refractivity contribution in [3.8, 4) is 0 Å². The molecule has 0 bridgehead atoms. The summed E-state index contributed by atoms with van der Waals surface area (Å²) in [5.74, 6) is -0.142. The van der Waals surface area contributed by atoms with Crippen LogP contribution in [0, 0.1) is 6.92 Å². The number of fused-ring (bicyclic) bond motifs is 1. The summed E-state index contributed by atoms with van der Waals surface area (Å²) < 4.78 is 5.27. The van der Waals surface area contributed by atoms with Crippen LogP contribution >= 0.6 is 0 Å². The number of benzene rings is 3. The zero-order chi connectivity index (χ0) is 22.6. The Hall–Kier alpha value is -3.34. The normalized spacial score (nSPS) is 12.3. The first-order valence-corrected chi connectivity index (χ1v) is 10.5. The third-order valence-electron chi connectivity index (χ3n) is 5.02. The van der Waals surface area contributed by atoms with Crippen LogP contribution in [0.25, 0.3) is 10.8 Å². The quantitative estimate of drug-likeness (QED) is 0.561. The van der Waals surface area contributed by atoms with Crippen LogP contribution in [0.3, 0.4) is 0 Å². The molecule has 0 unspecified atom stereocenters. The fraction of sp³-hybridized carbons (Fsp3) is 0.308. The van der Waals surface area contributed by atoms with Crippen molar-refractivity contribution in [3.63, 3.8) is 0 Å². The van der Waals surface area contributed by atoms with Crippen molar-refractivity contribution in [2.24, 2.45) is 0 Å². The summed E-state index contributed by atoms with van der Waals surface area (Å²) in [7, 11) is 0. The molecule has 0 fully saturated rings. The van der Waals surface area contributed by atoms with Gasteiger partial charge in [-0.2, -0.15) is 0 Å². The van der Waals surface area contributed by atoms with E-state index in [2.05, 4.69) is 28.8 Å². The molecule has 3 rings (SSSR count). The van der Waals surface area contributed by atoms with Gasteiger partial charge in [-0.15, -0.1) is 0 Å². The summed E-state index contributed by atoms with van der Waals surface area (Å²) in [6.45, 7) is 9.63. The molecule has 0 saturated heterocycles. The second-order valence-electron chi connectivity index (χ2n) is 8.77. The molecule has 162 valence electrons. The Kier molecular flexibility index (Phi) is 6.64. The minimum Gasteiger partial charge on any atom is -0.444 e. The highest BCUT2D eigenvalue weighted by molar-refractivity contribution is 5.96. The van der Waals surface area contributed by atoms with E-state index in [0.717, 1.165) is 27.5 Å². The van der Waals surface area contributed by atoms with Gasteiger partial charge in [0.2, 0.25) is 0 Å². The fourth-order valence-electron chi connectivity index (χ4n) is 3.49. The number of amides is 2. The predicted octanol–water partition coefficient (Wildman–Crippen LogP) is 5.66. The Bertz CT molecular complexity index is 1090. The van der Waals surface area contributed by atoms with E-state index in [0.29, 0.717) is 5.56 Å². The second kappa shape index (κ2) is 9.21. The van der Waals surface area contributed by atoms with E-state index in [-0.39, 0.29) is 18.5 Å². The summed E-state index contributed by atoms with van der Waals surface area (Å²) in [6, 6.07) is 19.7. The molecule has 1 atom stereocenters. The van der Waals surface area contributed by atoms with Crippen LogP contribution in [-0.2, 0) is 11.3 Å². The fourth-order valence-corrected chi connectivity index (χ4v) is 3.49. The van der Waals surface area contributed by atoms with Gasteiger partial charge in [0, 0.05) is 12.1 Å². The van der Waals surface area contributed by atoms with Crippen molar-refractivity contribution in [2.45, 2.75) is 52.8 Å². The van der Waals surface area contributed by atoms with E-state index in [1.165, 1.54) is 0 Å². The third-order valence-corrected chi connectivity index (χ3v) is 5.02. The Morgan fingerprint density at radius 2 is 1.71 bits per heavy atom. The van der Waals surface area contributed by atoms with Gasteiger partial charge in [0.15, 0.2) is 0 Å². The number of alkyl carbamates (subject to hydrolysis) is 1. The Morgan fingerprint density at radius 3 is 2.45 bits per heavy atom. The number of hydrogen-bond donors (Lipinski definition) is 2. The number of nitrogens with one attached hydrogen (secondary N) is 2. The average Bonchev–Trinajstić information content (AvgIpc) is 2.71. The lowest BCUT2D eigenvalue weighted by Crippen LogP contribution is -2.32. The molecule has 3 aromatic rings. The SMILES string of the molecule is Cc1ccc(CNC(=O)OC(C)(C)C)cc1C(=O)N[C@H](C)c1cccc2ccccc12. The molecule has 0 heterocycles.